The number of anilines is 1. The predicted octanol–water partition coefficient (Wildman–Crippen LogP) is 0.513. The molecule has 1 aromatic carbocycles. The Morgan fingerprint density at radius 3 is 2.29 bits per heavy atom. The summed E-state index contributed by atoms with van der Waals surface area (Å²) in [4.78, 5) is 43.4. The molecule has 112 valence electrons. The fourth-order valence-corrected chi connectivity index (χ4v) is 1.53. The zero-order chi connectivity index (χ0) is 16.0. The predicted molar refractivity (Wildman–Crippen MR) is 71.6 cm³/mol. The molecule has 0 aromatic heterocycles. The van der Waals surface area contributed by atoms with Crippen LogP contribution >= 0.6 is 0 Å². The minimum Gasteiger partial charge on any atom is -0.481 e. The van der Waals surface area contributed by atoms with Gasteiger partial charge in [0.1, 0.15) is 6.04 Å². The molecular weight excluding hydrogens is 282 g/mol. The summed E-state index contributed by atoms with van der Waals surface area (Å²) >= 11 is 0. The molecule has 1 atom stereocenters. The van der Waals surface area contributed by atoms with Gasteiger partial charge in [-0.15, -0.1) is 0 Å². The van der Waals surface area contributed by atoms with E-state index in [9.17, 15) is 24.5 Å². The molecule has 3 N–H and O–H groups in total. The maximum Gasteiger partial charge on any atom is 0.305 e. The summed E-state index contributed by atoms with van der Waals surface area (Å²) in [5.74, 6) is -2.51. The van der Waals surface area contributed by atoms with Gasteiger partial charge in [0.2, 0.25) is 11.8 Å². The molecule has 0 heterocycles. The van der Waals surface area contributed by atoms with E-state index in [-0.39, 0.29) is 11.4 Å². The van der Waals surface area contributed by atoms with E-state index in [0.717, 1.165) is 6.92 Å². The van der Waals surface area contributed by atoms with Crippen molar-refractivity contribution in [1.29, 1.82) is 0 Å². The van der Waals surface area contributed by atoms with Gasteiger partial charge in [-0.2, -0.15) is 0 Å². The highest BCUT2D eigenvalue weighted by Crippen LogP contribution is 2.15. The van der Waals surface area contributed by atoms with Crippen molar-refractivity contribution in [2.75, 3.05) is 5.32 Å². The third-order valence-corrected chi connectivity index (χ3v) is 2.42. The number of carbonyl (C=O) groups excluding carboxylic acids is 2. The topological polar surface area (TPSA) is 139 Å². The quantitative estimate of drug-likeness (QED) is 0.516. The van der Waals surface area contributed by atoms with Crippen LogP contribution in [0.1, 0.15) is 13.3 Å². The molecule has 0 bridgehead atoms. The number of hydrogen-bond donors (Lipinski definition) is 3. The summed E-state index contributed by atoms with van der Waals surface area (Å²) in [5, 5.41) is 23.8. The fraction of sp³-hybridized carbons (Fsp3) is 0.250. The summed E-state index contributed by atoms with van der Waals surface area (Å²) in [6, 6.07) is 3.78. The van der Waals surface area contributed by atoms with Crippen LogP contribution in [0.4, 0.5) is 11.4 Å². The van der Waals surface area contributed by atoms with E-state index in [2.05, 4.69) is 10.6 Å². The van der Waals surface area contributed by atoms with Gasteiger partial charge in [-0.05, 0) is 12.1 Å². The molecular formula is C12H13N3O6. The Bertz CT molecular complexity index is 553. The first-order chi connectivity index (χ1) is 9.79. The van der Waals surface area contributed by atoms with Crippen LogP contribution in [0, 0.1) is 10.1 Å². The van der Waals surface area contributed by atoms with Gasteiger partial charge in [-0.3, -0.25) is 24.5 Å². The van der Waals surface area contributed by atoms with Gasteiger partial charge in [0.05, 0.1) is 11.3 Å². The average Bonchev–Trinajstić information content (AvgIpc) is 2.37. The molecule has 9 nitrogen and oxygen atoms in total. The second-order valence-corrected chi connectivity index (χ2v) is 4.14. The Labute approximate surface area is 119 Å². The van der Waals surface area contributed by atoms with E-state index in [1.54, 1.807) is 0 Å². The van der Waals surface area contributed by atoms with Crippen molar-refractivity contribution in [3.63, 3.8) is 0 Å². The Morgan fingerprint density at radius 1 is 1.29 bits per heavy atom. The van der Waals surface area contributed by atoms with Gasteiger partial charge >= 0.3 is 5.97 Å². The van der Waals surface area contributed by atoms with Gasteiger partial charge in [0.15, 0.2) is 0 Å². The zero-order valence-electron chi connectivity index (χ0n) is 11.0. The van der Waals surface area contributed by atoms with Crippen molar-refractivity contribution in [1.82, 2.24) is 5.32 Å². The lowest BCUT2D eigenvalue weighted by Gasteiger charge is -2.15. The highest BCUT2D eigenvalue weighted by Gasteiger charge is 2.22. The lowest BCUT2D eigenvalue weighted by molar-refractivity contribution is -0.384. The van der Waals surface area contributed by atoms with Gasteiger partial charge < -0.3 is 15.7 Å². The van der Waals surface area contributed by atoms with E-state index >= 15 is 0 Å². The van der Waals surface area contributed by atoms with Crippen LogP contribution < -0.4 is 10.6 Å². The van der Waals surface area contributed by atoms with E-state index in [1.807, 2.05) is 0 Å². The number of nitrogens with one attached hydrogen (secondary N) is 2. The number of nitrogens with zero attached hydrogens (tertiary/aromatic N) is 1. The summed E-state index contributed by atoms with van der Waals surface area (Å²) in [5.41, 5.74) is 0.114. The molecule has 0 aliphatic heterocycles. The van der Waals surface area contributed by atoms with Gasteiger partial charge in [0, 0.05) is 24.7 Å². The smallest absolute Gasteiger partial charge is 0.305 e. The zero-order valence-corrected chi connectivity index (χ0v) is 11.0. The molecule has 1 aromatic rings. The fourth-order valence-electron chi connectivity index (χ4n) is 1.53. The maximum atomic E-state index is 11.9. The number of nitro benzene ring substituents is 1. The normalized spacial score (nSPS) is 11.3. The van der Waals surface area contributed by atoms with Crippen LogP contribution in [-0.2, 0) is 14.4 Å². The molecule has 0 saturated heterocycles. The molecule has 1 unspecified atom stereocenters. The van der Waals surface area contributed by atoms with E-state index in [1.165, 1.54) is 24.3 Å². The summed E-state index contributed by atoms with van der Waals surface area (Å²) in [7, 11) is 0. The number of carboxylic acids is 1. The van der Waals surface area contributed by atoms with Crippen LogP contribution in [0.2, 0.25) is 0 Å². The lowest BCUT2D eigenvalue weighted by Crippen LogP contribution is -2.44. The van der Waals surface area contributed by atoms with Crippen LogP contribution in [-0.4, -0.2) is 33.9 Å². The maximum absolute atomic E-state index is 11.9. The molecule has 1 rings (SSSR count). The molecule has 0 fully saturated rings. The first kappa shape index (κ1) is 16.1. The number of carboxylic acid groups (broad SMARTS) is 1. The number of benzene rings is 1. The third-order valence-electron chi connectivity index (χ3n) is 2.42. The van der Waals surface area contributed by atoms with E-state index in [4.69, 9.17) is 5.11 Å². The van der Waals surface area contributed by atoms with Crippen molar-refractivity contribution in [3.05, 3.63) is 34.4 Å². The van der Waals surface area contributed by atoms with Crippen molar-refractivity contribution >= 4 is 29.2 Å². The molecule has 0 spiro atoms. The van der Waals surface area contributed by atoms with Crippen LogP contribution in [0.3, 0.4) is 0 Å². The average molecular weight is 295 g/mol. The van der Waals surface area contributed by atoms with Crippen LogP contribution in [0.15, 0.2) is 24.3 Å². The number of nitro groups is 1. The number of rotatable bonds is 6. The number of amides is 2. The number of carbonyl (C=O) groups is 3. The SMILES string of the molecule is CC(=O)NC(CC(=O)O)C(=O)Nc1ccc([N+](=O)[O-])cc1. The second-order valence-electron chi connectivity index (χ2n) is 4.14. The number of aliphatic carboxylic acids is 1. The molecule has 0 saturated carbocycles. The van der Waals surface area contributed by atoms with Gasteiger partial charge in [-0.25, -0.2) is 0 Å². The molecule has 0 radical (unpaired) electrons. The summed E-state index contributed by atoms with van der Waals surface area (Å²) < 4.78 is 0. The Hall–Kier alpha value is -2.97. The minimum absolute atomic E-state index is 0.142. The number of non-ortho nitro benzene ring substituents is 1. The van der Waals surface area contributed by atoms with Crippen molar-refractivity contribution in [2.45, 2.75) is 19.4 Å². The Morgan fingerprint density at radius 2 is 1.86 bits per heavy atom. The standard InChI is InChI=1S/C12H13N3O6/c1-7(16)13-10(6-11(17)18)12(19)14-8-2-4-9(5-3-8)15(20)21/h2-5,10H,6H2,1H3,(H,13,16)(H,14,19)(H,17,18). The summed E-state index contributed by atoms with van der Waals surface area (Å²) in [6.45, 7) is 1.16. The Kier molecular flexibility index (Phi) is 5.35. The molecule has 9 heteroatoms. The minimum atomic E-state index is -1.24. The van der Waals surface area contributed by atoms with Crippen molar-refractivity contribution in [3.8, 4) is 0 Å². The molecule has 2 amide bonds. The lowest BCUT2D eigenvalue weighted by atomic mass is 10.2. The molecule has 21 heavy (non-hydrogen) atoms. The van der Waals surface area contributed by atoms with Gasteiger partial charge in [0.25, 0.3) is 5.69 Å². The summed E-state index contributed by atoms with van der Waals surface area (Å²) in [6.07, 6.45) is -0.571. The highest BCUT2D eigenvalue weighted by molar-refractivity contribution is 5.98. The largest absolute Gasteiger partial charge is 0.481 e. The van der Waals surface area contributed by atoms with E-state index < -0.39 is 35.2 Å². The van der Waals surface area contributed by atoms with E-state index in [0.29, 0.717) is 0 Å². The van der Waals surface area contributed by atoms with Crippen molar-refractivity contribution in [2.24, 2.45) is 0 Å². The second kappa shape index (κ2) is 6.98. The number of hydrogen-bond acceptors (Lipinski definition) is 5. The Balaban J connectivity index is 2.77. The van der Waals surface area contributed by atoms with Crippen LogP contribution in [0.5, 0.6) is 0 Å². The van der Waals surface area contributed by atoms with Crippen molar-refractivity contribution < 1.29 is 24.4 Å². The van der Waals surface area contributed by atoms with Crippen LogP contribution in [0.25, 0.3) is 0 Å². The highest BCUT2D eigenvalue weighted by atomic mass is 16.6. The van der Waals surface area contributed by atoms with Gasteiger partial charge in [-0.1, -0.05) is 0 Å². The first-order valence-corrected chi connectivity index (χ1v) is 5.84. The monoisotopic (exact) mass is 295 g/mol. The molecule has 0 aliphatic carbocycles. The third kappa shape index (κ3) is 5.27. The first-order valence-electron chi connectivity index (χ1n) is 5.84. The molecule has 0 aliphatic rings.